The molecule has 0 spiro atoms. The van der Waals surface area contributed by atoms with Gasteiger partial charge in [-0.1, -0.05) is 13.3 Å². The minimum absolute atomic E-state index is 0.165. The highest BCUT2D eigenvalue weighted by Crippen LogP contribution is 2.19. The smallest absolute Gasteiger partial charge is 0.253 e. The molecule has 1 amide bonds. The van der Waals surface area contributed by atoms with Crippen LogP contribution in [0.1, 0.15) is 57.3 Å². The van der Waals surface area contributed by atoms with Gasteiger partial charge in [-0.05, 0) is 57.9 Å². The number of carbonyl (C=O) groups is 1. The molecule has 1 aliphatic rings. The summed E-state index contributed by atoms with van der Waals surface area (Å²) < 4.78 is 0. The van der Waals surface area contributed by atoms with Crippen molar-refractivity contribution in [2.75, 3.05) is 44.7 Å². The second-order valence-electron chi connectivity index (χ2n) is 8.13. The van der Waals surface area contributed by atoms with Crippen molar-refractivity contribution in [3.8, 4) is 0 Å². The van der Waals surface area contributed by atoms with Gasteiger partial charge in [-0.2, -0.15) is 0 Å². The Morgan fingerprint density at radius 1 is 1.08 bits per heavy atom. The number of rotatable bonds is 5. The van der Waals surface area contributed by atoms with E-state index in [0.717, 1.165) is 44.7 Å². The number of hydrogen-bond donors (Lipinski definition) is 0. The number of amides is 1. The van der Waals surface area contributed by atoms with Gasteiger partial charge >= 0.3 is 0 Å². The number of hydrogen-bond acceptors (Lipinski definition) is 3. The quantitative estimate of drug-likeness (QED) is 0.810. The normalized spacial score (nSPS) is 16.6. The number of anilines is 1. The van der Waals surface area contributed by atoms with Gasteiger partial charge in [0.05, 0.1) is 0 Å². The Bertz CT molecular complexity index is 547. The maximum atomic E-state index is 12.9. The fourth-order valence-electron chi connectivity index (χ4n) is 3.36. The molecule has 0 radical (unpaired) electrons. The molecule has 0 saturated carbocycles. The van der Waals surface area contributed by atoms with Crippen molar-refractivity contribution in [3.63, 3.8) is 0 Å². The Morgan fingerprint density at radius 3 is 2.36 bits per heavy atom. The van der Waals surface area contributed by atoms with Crippen LogP contribution in [0.15, 0.2) is 24.3 Å². The van der Waals surface area contributed by atoms with Crippen LogP contribution in [-0.2, 0) is 0 Å². The lowest BCUT2D eigenvalue weighted by atomic mass is 10.1. The van der Waals surface area contributed by atoms with E-state index in [9.17, 15) is 4.79 Å². The lowest BCUT2D eigenvalue weighted by Crippen LogP contribution is -2.44. The van der Waals surface area contributed by atoms with E-state index in [1.165, 1.54) is 18.5 Å². The van der Waals surface area contributed by atoms with Gasteiger partial charge in [0.15, 0.2) is 0 Å². The molecule has 25 heavy (non-hydrogen) atoms. The predicted octanol–water partition coefficient (Wildman–Crippen LogP) is 3.87. The van der Waals surface area contributed by atoms with Crippen molar-refractivity contribution >= 4 is 11.6 Å². The van der Waals surface area contributed by atoms with E-state index >= 15 is 0 Å². The standard InChI is InChI=1S/C21H35N3O/c1-6-7-13-22(5)19-11-9-18(10-12-19)20(25)23-14-8-15-24(17-16-23)21(2,3)4/h9-12H,6-8,13-17H2,1-5H3. The summed E-state index contributed by atoms with van der Waals surface area (Å²) >= 11 is 0. The zero-order chi connectivity index (χ0) is 18.4. The first-order valence-electron chi connectivity index (χ1n) is 9.68. The van der Waals surface area contributed by atoms with Crippen LogP contribution in [0.3, 0.4) is 0 Å². The van der Waals surface area contributed by atoms with Crippen molar-refractivity contribution in [2.24, 2.45) is 0 Å². The molecule has 4 heteroatoms. The van der Waals surface area contributed by atoms with Crippen molar-refractivity contribution in [3.05, 3.63) is 29.8 Å². The molecule has 1 aromatic rings. The number of benzene rings is 1. The molecular weight excluding hydrogens is 310 g/mol. The second kappa shape index (κ2) is 8.70. The zero-order valence-corrected chi connectivity index (χ0v) is 16.7. The molecule has 1 aromatic carbocycles. The number of unbranched alkanes of at least 4 members (excludes halogenated alkanes) is 1. The summed E-state index contributed by atoms with van der Waals surface area (Å²) in [6.07, 6.45) is 3.43. The molecule has 0 aromatic heterocycles. The van der Waals surface area contributed by atoms with Crippen LogP contribution in [0.2, 0.25) is 0 Å². The van der Waals surface area contributed by atoms with Crippen LogP contribution < -0.4 is 4.90 Å². The van der Waals surface area contributed by atoms with Gasteiger partial charge in [0.2, 0.25) is 0 Å². The minimum atomic E-state index is 0.165. The summed E-state index contributed by atoms with van der Waals surface area (Å²) in [6.45, 7) is 13.7. The molecule has 1 fully saturated rings. The van der Waals surface area contributed by atoms with Crippen LogP contribution in [0.4, 0.5) is 5.69 Å². The van der Waals surface area contributed by atoms with Gasteiger partial charge in [-0.15, -0.1) is 0 Å². The van der Waals surface area contributed by atoms with E-state index in [-0.39, 0.29) is 11.4 Å². The fourth-order valence-corrected chi connectivity index (χ4v) is 3.36. The van der Waals surface area contributed by atoms with Crippen LogP contribution in [-0.4, -0.2) is 61.0 Å². The highest BCUT2D eigenvalue weighted by molar-refractivity contribution is 5.94. The molecular formula is C21H35N3O. The largest absolute Gasteiger partial charge is 0.375 e. The molecule has 0 unspecified atom stereocenters. The Morgan fingerprint density at radius 2 is 1.76 bits per heavy atom. The van der Waals surface area contributed by atoms with E-state index < -0.39 is 0 Å². The fraction of sp³-hybridized carbons (Fsp3) is 0.667. The topological polar surface area (TPSA) is 26.8 Å². The highest BCUT2D eigenvalue weighted by Gasteiger charge is 2.26. The Hall–Kier alpha value is -1.55. The zero-order valence-electron chi connectivity index (χ0n) is 16.7. The maximum absolute atomic E-state index is 12.9. The van der Waals surface area contributed by atoms with E-state index in [1.54, 1.807) is 0 Å². The van der Waals surface area contributed by atoms with E-state index in [0.29, 0.717) is 0 Å². The van der Waals surface area contributed by atoms with E-state index in [4.69, 9.17) is 0 Å². The highest BCUT2D eigenvalue weighted by atomic mass is 16.2. The lowest BCUT2D eigenvalue weighted by molar-refractivity contribution is 0.0749. The van der Waals surface area contributed by atoms with Crippen LogP contribution in [0.5, 0.6) is 0 Å². The van der Waals surface area contributed by atoms with E-state index in [2.05, 4.69) is 56.7 Å². The molecule has 2 rings (SSSR count). The second-order valence-corrected chi connectivity index (χ2v) is 8.13. The van der Waals surface area contributed by atoms with Gasteiger partial charge < -0.3 is 9.80 Å². The van der Waals surface area contributed by atoms with Gasteiger partial charge in [0.25, 0.3) is 5.91 Å². The predicted molar refractivity (Wildman–Crippen MR) is 106 cm³/mol. The molecule has 0 bridgehead atoms. The van der Waals surface area contributed by atoms with Crippen molar-refractivity contribution in [2.45, 2.75) is 52.5 Å². The number of carbonyl (C=O) groups excluding carboxylic acids is 1. The molecule has 1 aliphatic heterocycles. The molecule has 1 saturated heterocycles. The lowest BCUT2D eigenvalue weighted by Gasteiger charge is -2.34. The van der Waals surface area contributed by atoms with Gasteiger partial charge in [0, 0.05) is 56.6 Å². The summed E-state index contributed by atoms with van der Waals surface area (Å²) in [7, 11) is 2.11. The summed E-state index contributed by atoms with van der Waals surface area (Å²) in [5.41, 5.74) is 2.15. The monoisotopic (exact) mass is 345 g/mol. The third-order valence-corrected chi connectivity index (χ3v) is 5.13. The average Bonchev–Trinajstić information content (AvgIpc) is 2.85. The summed E-state index contributed by atoms with van der Waals surface area (Å²) in [5.74, 6) is 0.165. The third-order valence-electron chi connectivity index (χ3n) is 5.13. The summed E-state index contributed by atoms with van der Waals surface area (Å²) in [6, 6.07) is 8.10. The van der Waals surface area contributed by atoms with Crippen molar-refractivity contribution < 1.29 is 4.79 Å². The first-order valence-corrected chi connectivity index (χ1v) is 9.68. The molecule has 4 nitrogen and oxygen atoms in total. The Labute approximate surface area is 153 Å². The summed E-state index contributed by atoms with van der Waals surface area (Å²) in [5, 5.41) is 0. The SMILES string of the molecule is CCCCN(C)c1ccc(C(=O)N2CCCN(C(C)(C)C)CC2)cc1. The molecule has 0 atom stereocenters. The first-order chi connectivity index (χ1) is 11.8. The Kier molecular flexibility index (Phi) is 6.88. The van der Waals surface area contributed by atoms with Gasteiger partial charge in [-0.3, -0.25) is 9.69 Å². The third kappa shape index (κ3) is 5.46. The van der Waals surface area contributed by atoms with Crippen LogP contribution in [0, 0.1) is 0 Å². The molecule has 0 aliphatic carbocycles. The Balaban J connectivity index is 1.98. The number of nitrogens with zero attached hydrogens (tertiary/aromatic N) is 3. The van der Waals surface area contributed by atoms with Crippen LogP contribution in [0.25, 0.3) is 0 Å². The van der Waals surface area contributed by atoms with Gasteiger partial charge in [-0.25, -0.2) is 0 Å². The molecule has 140 valence electrons. The molecule has 1 heterocycles. The van der Waals surface area contributed by atoms with Gasteiger partial charge in [0.1, 0.15) is 0 Å². The van der Waals surface area contributed by atoms with E-state index in [1.807, 2.05) is 17.0 Å². The maximum Gasteiger partial charge on any atom is 0.253 e. The minimum Gasteiger partial charge on any atom is -0.375 e. The molecule has 0 N–H and O–H groups in total. The summed E-state index contributed by atoms with van der Waals surface area (Å²) in [4.78, 5) is 19.6. The van der Waals surface area contributed by atoms with Crippen LogP contribution >= 0.6 is 0 Å². The van der Waals surface area contributed by atoms with Crippen molar-refractivity contribution in [1.29, 1.82) is 0 Å². The van der Waals surface area contributed by atoms with Crippen molar-refractivity contribution in [1.82, 2.24) is 9.80 Å². The first kappa shape index (κ1) is 19.8. The average molecular weight is 346 g/mol.